The Bertz CT molecular complexity index is 321. The van der Waals surface area contributed by atoms with E-state index in [1.807, 2.05) is 0 Å². The molecule has 0 aliphatic heterocycles. The van der Waals surface area contributed by atoms with Crippen molar-refractivity contribution < 1.29 is 9.32 Å². The summed E-state index contributed by atoms with van der Waals surface area (Å²) in [5.41, 5.74) is 0.771. The van der Waals surface area contributed by atoms with Crippen LogP contribution in [0, 0.1) is 11.8 Å². The molecule has 0 unspecified atom stereocenters. The molecule has 0 aliphatic rings. The first-order chi connectivity index (χ1) is 6.29. The standard InChI is InChI=1S/C9H9NO2S/c1-8(11)13-5-3-2-4-9-6-10-12-7-9/h6-7H,3,5H2,1H3. The molecule has 68 valence electrons. The molecule has 0 saturated carbocycles. The number of nitrogens with zero attached hydrogens (tertiary/aromatic N) is 1. The van der Waals surface area contributed by atoms with Crippen LogP contribution >= 0.6 is 11.8 Å². The molecule has 0 N–H and O–H groups in total. The van der Waals surface area contributed by atoms with Gasteiger partial charge in [-0.25, -0.2) is 0 Å². The Labute approximate surface area is 80.9 Å². The predicted octanol–water partition coefficient (Wildman–Crippen LogP) is 1.70. The second kappa shape index (κ2) is 5.44. The third-order valence-electron chi connectivity index (χ3n) is 1.20. The van der Waals surface area contributed by atoms with E-state index in [-0.39, 0.29) is 5.12 Å². The van der Waals surface area contributed by atoms with E-state index in [0.717, 1.165) is 11.3 Å². The molecule has 4 heteroatoms. The number of rotatable bonds is 2. The Kier molecular flexibility index (Phi) is 4.13. The Morgan fingerprint density at radius 3 is 3.23 bits per heavy atom. The van der Waals surface area contributed by atoms with Gasteiger partial charge in [-0.1, -0.05) is 28.8 Å². The fraction of sp³-hybridized carbons (Fsp3) is 0.333. The van der Waals surface area contributed by atoms with Crippen LogP contribution in [0.2, 0.25) is 0 Å². The topological polar surface area (TPSA) is 43.1 Å². The molecule has 0 atom stereocenters. The van der Waals surface area contributed by atoms with Gasteiger partial charge in [0.1, 0.15) is 6.26 Å². The lowest BCUT2D eigenvalue weighted by Gasteiger charge is -1.87. The van der Waals surface area contributed by atoms with Crippen LogP contribution < -0.4 is 0 Å². The van der Waals surface area contributed by atoms with Crippen molar-refractivity contribution in [3.05, 3.63) is 18.0 Å². The lowest BCUT2D eigenvalue weighted by molar-refractivity contribution is -0.109. The number of hydrogen-bond donors (Lipinski definition) is 0. The second-order valence-corrected chi connectivity index (χ2v) is 3.58. The van der Waals surface area contributed by atoms with Gasteiger partial charge in [-0.15, -0.1) is 0 Å². The molecule has 0 bridgehead atoms. The largest absolute Gasteiger partial charge is 0.363 e. The highest BCUT2D eigenvalue weighted by Crippen LogP contribution is 2.02. The van der Waals surface area contributed by atoms with Crippen molar-refractivity contribution in [3.63, 3.8) is 0 Å². The number of carbonyl (C=O) groups is 1. The minimum Gasteiger partial charge on any atom is -0.363 e. The highest BCUT2D eigenvalue weighted by atomic mass is 32.2. The number of thioether (sulfide) groups is 1. The van der Waals surface area contributed by atoms with Crippen molar-refractivity contribution in [2.24, 2.45) is 0 Å². The van der Waals surface area contributed by atoms with E-state index in [0.29, 0.717) is 6.42 Å². The average molecular weight is 195 g/mol. The third kappa shape index (κ3) is 4.38. The average Bonchev–Trinajstić information content (AvgIpc) is 2.55. The predicted molar refractivity (Wildman–Crippen MR) is 51.1 cm³/mol. The van der Waals surface area contributed by atoms with Crippen LogP contribution in [0.1, 0.15) is 18.9 Å². The van der Waals surface area contributed by atoms with E-state index in [9.17, 15) is 4.79 Å². The molecule has 0 amide bonds. The quantitative estimate of drug-likeness (QED) is 0.532. The van der Waals surface area contributed by atoms with Gasteiger partial charge in [-0.2, -0.15) is 0 Å². The summed E-state index contributed by atoms with van der Waals surface area (Å²) in [5.74, 6) is 6.53. The van der Waals surface area contributed by atoms with E-state index < -0.39 is 0 Å². The van der Waals surface area contributed by atoms with E-state index in [1.54, 1.807) is 13.1 Å². The first-order valence-corrected chi connectivity index (χ1v) is 4.79. The molecular weight excluding hydrogens is 186 g/mol. The van der Waals surface area contributed by atoms with Gasteiger partial charge >= 0.3 is 0 Å². The van der Waals surface area contributed by atoms with E-state index in [2.05, 4.69) is 21.5 Å². The molecular formula is C9H9NO2S. The van der Waals surface area contributed by atoms with E-state index in [1.165, 1.54) is 18.0 Å². The molecule has 0 aliphatic carbocycles. The van der Waals surface area contributed by atoms with Gasteiger partial charge in [0.15, 0.2) is 5.12 Å². The molecule has 0 radical (unpaired) electrons. The fourth-order valence-electron chi connectivity index (χ4n) is 0.677. The summed E-state index contributed by atoms with van der Waals surface area (Å²) in [6.07, 6.45) is 3.76. The number of hydrogen-bond acceptors (Lipinski definition) is 4. The van der Waals surface area contributed by atoms with Crippen molar-refractivity contribution in [3.8, 4) is 11.8 Å². The smallest absolute Gasteiger partial charge is 0.185 e. The SMILES string of the molecule is CC(=O)SCCC#Cc1cnoc1. The fourth-order valence-corrected chi connectivity index (χ4v) is 1.17. The van der Waals surface area contributed by atoms with Crippen LogP contribution in [0.4, 0.5) is 0 Å². The Morgan fingerprint density at radius 1 is 1.77 bits per heavy atom. The Morgan fingerprint density at radius 2 is 2.62 bits per heavy atom. The van der Waals surface area contributed by atoms with Crippen LogP contribution in [0.3, 0.4) is 0 Å². The van der Waals surface area contributed by atoms with Gasteiger partial charge in [0, 0.05) is 19.1 Å². The monoisotopic (exact) mass is 195 g/mol. The first kappa shape index (κ1) is 9.87. The summed E-state index contributed by atoms with van der Waals surface area (Å²) >= 11 is 1.29. The van der Waals surface area contributed by atoms with Crippen LogP contribution in [0.25, 0.3) is 0 Å². The zero-order chi connectivity index (χ0) is 9.52. The van der Waals surface area contributed by atoms with Gasteiger partial charge in [0.25, 0.3) is 0 Å². The minimum absolute atomic E-state index is 0.131. The van der Waals surface area contributed by atoms with Gasteiger partial charge in [0.2, 0.25) is 0 Å². The van der Waals surface area contributed by atoms with Gasteiger partial charge in [-0.05, 0) is 0 Å². The summed E-state index contributed by atoms with van der Waals surface area (Å²) in [7, 11) is 0. The zero-order valence-electron chi connectivity index (χ0n) is 7.24. The molecule has 1 aromatic rings. The van der Waals surface area contributed by atoms with E-state index in [4.69, 9.17) is 0 Å². The summed E-state index contributed by atoms with van der Waals surface area (Å²) in [4.78, 5) is 10.5. The second-order valence-electron chi connectivity index (χ2n) is 2.30. The lowest BCUT2D eigenvalue weighted by atomic mass is 10.3. The normalized spacial score (nSPS) is 9.00. The maximum absolute atomic E-state index is 10.5. The molecule has 0 saturated heterocycles. The third-order valence-corrected chi connectivity index (χ3v) is 2.01. The van der Waals surface area contributed by atoms with Gasteiger partial charge in [0.05, 0.1) is 11.8 Å². The van der Waals surface area contributed by atoms with Crippen molar-refractivity contribution in [2.75, 3.05) is 5.75 Å². The maximum Gasteiger partial charge on any atom is 0.185 e. The molecule has 13 heavy (non-hydrogen) atoms. The molecule has 0 spiro atoms. The van der Waals surface area contributed by atoms with Crippen LogP contribution in [-0.2, 0) is 4.79 Å². The molecule has 1 rings (SSSR count). The number of carbonyl (C=O) groups excluding carboxylic acids is 1. The van der Waals surface area contributed by atoms with Crippen molar-refractivity contribution >= 4 is 16.9 Å². The summed E-state index contributed by atoms with van der Waals surface area (Å²) in [6, 6.07) is 0. The molecule has 1 heterocycles. The van der Waals surface area contributed by atoms with Gasteiger partial charge < -0.3 is 4.52 Å². The highest BCUT2D eigenvalue weighted by molar-refractivity contribution is 8.13. The molecule has 0 aromatic carbocycles. The van der Waals surface area contributed by atoms with E-state index >= 15 is 0 Å². The van der Waals surface area contributed by atoms with Crippen LogP contribution in [-0.4, -0.2) is 16.0 Å². The lowest BCUT2D eigenvalue weighted by Crippen LogP contribution is -1.83. The minimum atomic E-state index is 0.131. The van der Waals surface area contributed by atoms with Gasteiger partial charge in [-0.3, -0.25) is 4.79 Å². The zero-order valence-corrected chi connectivity index (χ0v) is 8.06. The van der Waals surface area contributed by atoms with Crippen molar-refractivity contribution in [2.45, 2.75) is 13.3 Å². The van der Waals surface area contributed by atoms with Crippen LogP contribution in [0.15, 0.2) is 17.0 Å². The summed E-state index contributed by atoms with van der Waals surface area (Å²) in [5, 5.41) is 3.64. The summed E-state index contributed by atoms with van der Waals surface area (Å²) < 4.78 is 4.60. The Balaban J connectivity index is 2.22. The molecule has 0 fully saturated rings. The van der Waals surface area contributed by atoms with Crippen LogP contribution in [0.5, 0.6) is 0 Å². The summed E-state index contributed by atoms with van der Waals surface area (Å²) in [6.45, 7) is 1.55. The molecule has 1 aromatic heterocycles. The highest BCUT2D eigenvalue weighted by Gasteiger charge is 1.91. The maximum atomic E-state index is 10.5. The van der Waals surface area contributed by atoms with Crippen molar-refractivity contribution in [1.82, 2.24) is 5.16 Å². The van der Waals surface area contributed by atoms with Crippen molar-refractivity contribution in [1.29, 1.82) is 0 Å². The molecule has 3 nitrogen and oxygen atoms in total. The first-order valence-electron chi connectivity index (χ1n) is 3.80. The number of aromatic nitrogens is 1. The Hall–Kier alpha value is -1.21.